The summed E-state index contributed by atoms with van der Waals surface area (Å²) in [5.41, 5.74) is 4.50. The third-order valence-corrected chi connectivity index (χ3v) is 3.78. The zero-order valence-electron chi connectivity index (χ0n) is 10.9. The maximum Gasteiger partial charge on any atom is 0.240 e. The second kappa shape index (κ2) is 4.29. The lowest BCUT2D eigenvalue weighted by Gasteiger charge is -2.07. The van der Waals surface area contributed by atoms with E-state index in [1.165, 1.54) is 4.88 Å². The van der Waals surface area contributed by atoms with Crippen LogP contribution in [0.4, 0.5) is 5.95 Å². The van der Waals surface area contributed by atoms with Crippen LogP contribution in [0.3, 0.4) is 0 Å². The predicted octanol–water partition coefficient (Wildman–Crippen LogP) is 2.09. The van der Waals surface area contributed by atoms with Crippen LogP contribution < -0.4 is 11.3 Å². The van der Waals surface area contributed by atoms with Crippen LogP contribution >= 0.6 is 11.3 Å². The molecule has 6 nitrogen and oxygen atoms in total. The van der Waals surface area contributed by atoms with E-state index in [9.17, 15) is 0 Å². The van der Waals surface area contributed by atoms with Crippen LogP contribution in [-0.2, 0) is 0 Å². The van der Waals surface area contributed by atoms with Crippen molar-refractivity contribution in [2.75, 3.05) is 5.43 Å². The monoisotopic (exact) mass is 274 g/mol. The molecular weight excluding hydrogens is 260 g/mol. The number of nitrogens with zero attached hydrogens (tertiary/aromatic N) is 4. The van der Waals surface area contributed by atoms with Gasteiger partial charge >= 0.3 is 0 Å². The van der Waals surface area contributed by atoms with E-state index >= 15 is 0 Å². The van der Waals surface area contributed by atoms with Crippen LogP contribution in [-0.4, -0.2) is 19.7 Å². The zero-order valence-corrected chi connectivity index (χ0v) is 11.7. The molecule has 0 fully saturated rings. The summed E-state index contributed by atoms with van der Waals surface area (Å²) in [7, 11) is 0. The van der Waals surface area contributed by atoms with Crippen molar-refractivity contribution in [3.63, 3.8) is 0 Å². The number of nitrogens with two attached hydrogens (primary N) is 1. The first-order valence-electron chi connectivity index (χ1n) is 5.87. The maximum atomic E-state index is 5.44. The third kappa shape index (κ3) is 1.96. The summed E-state index contributed by atoms with van der Waals surface area (Å²) in [6, 6.07) is 4.09. The van der Waals surface area contributed by atoms with Gasteiger partial charge in [-0.1, -0.05) is 0 Å². The van der Waals surface area contributed by atoms with E-state index < -0.39 is 0 Å². The highest BCUT2D eigenvalue weighted by Crippen LogP contribution is 2.29. The highest BCUT2D eigenvalue weighted by molar-refractivity contribution is 7.18. The molecule has 3 heterocycles. The van der Waals surface area contributed by atoms with Crippen molar-refractivity contribution in [1.29, 1.82) is 0 Å². The Bertz CT molecular complexity index is 757. The Morgan fingerprint density at radius 1 is 1.21 bits per heavy atom. The summed E-state index contributed by atoms with van der Waals surface area (Å²) in [6.07, 6.45) is 0. The number of hydrogen-bond acceptors (Lipinski definition) is 6. The zero-order chi connectivity index (χ0) is 13.6. The van der Waals surface area contributed by atoms with Crippen molar-refractivity contribution >= 4 is 27.5 Å². The lowest BCUT2D eigenvalue weighted by molar-refractivity contribution is 0.811. The van der Waals surface area contributed by atoms with Gasteiger partial charge < -0.3 is 0 Å². The average molecular weight is 274 g/mol. The molecule has 0 saturated carbocycles. The van der Waals surface area contributed by atoms with Crippen molar-refractivity contribution in [1.82, 2.24) is 19.7 Å². The number of anilines is 1. The van der Waals surface area contributed by atoms with Gasteiger partial charge in [-0.15, -0.1) is 11.3 Å². The summed E-state index contributed by atoms with van der Waals surface area (Å²) in [4.78, 5) is 10.9. The summed E-state index contributed by atoms with van der Waals surface area (Å²) in [5, 5.41) is 5.47. The molecule has 0 bridgehead atoms. The van der Waals surface area contributed by atoms with E-state index in [2.05, 4.69) is 26.6 Å². The van der Waals surface area contributed by atoms with Gasteiger partial charge in [0.15, 0.2) is 5.82 Å². The molecule has 0 aliphatic carbocycles. The largest absolute Gasteiger partial charge is 0.292 e. The first-order valence-corrected chi connectivity index (χ1v) is 6.68. The molecule has 7 heteroatoms. The van der Waals surface area contributed by atoms with Crippen molar-refractivity contribution in [3.05, 3.63) is 28.4 Å². The molecular formula is C12H14N6S. The fourth-order valence-electron chi connectivity index (χ4n) is 2.10. The minimum absolute atomic E-state index is 0.400. The number of fused-ring (bicyclic) bond motifs is 1. The number of rotatable bonds is 2. The Kier molecular flexibility index (Phi) is 2.72. The number of thiophene rings is 1. The van der Waals surface area contributed by atoms with Crippen molar-refractivity contribution in [2.45, 2.75) is 20.8 Å². The van der Waals surface area contributed by atoms with Gasteiger partial charge in [-0.05, 0) is 32.9 Å². The lowest BCUT2D eigenvalue weighted by atomic mass is 10.3. The molecule has 0 aliphatic rings. The summed E-state index contributed by atoms with van der Waals surface area (Å²) >= 11 is 1.62. The standard InChI is InChI=1S/C12H14N6S/c1-6-4-7(2)18(17-6)10-9-5-8(3)19-11(9)15-12(14-10)16-13/h4-5H,13H2,1-3H3,(H,14,15,16). The lowest BCUT2D eigenvalue weighted by Crippen LogP contribution is -2.13. The van der Waals surface area contributed by atoms with Crippen LogP contribution in [0.2, 0.25) is 0 Å². The number of aryl methyl sites for hydroxylation is 3. The van der Waals surface area contributed by atoms with E-state index in [1.54, 1.807) is 11.3 Å². The quantitative estimate of drug-likeness (QED) is 0.552. The molecule has 3 aromatic rings. The van der Waals surface area contributed by atoms with Crippen molar-refractivity contribution in [2.24, 2.45) is 5.84 Å². The topological polar surface area (TPSA) is 81.7 Å². The van der Waals surface area contributed by atoms with Crippen molar-refractivity contribution < 1.29 is 0 Å². The highest BCUT2D eigenvalue weighted by atomic mass is 32.1. The van der Waals surface area contributed by atoms with Gasteiger partial charge in [0.25, 0.3) is 0 Å². The van der Waals surface area contributed by atoms with Crippen LogP contribution in [0.5, 0.6) is 0 Å². The van der Waals surface area contributed by atoms with Gasteiger partial charge in [0, 0.05) is 10.6 Å². The molecule has 19 heavy (non-hydrogen) atoms. The molecule has 3 aromatic heterocycles. The Labute approximate surface area is 114 Å². The third-order valence-electron chi connectivity index (χ3n) is 2.84. The molecule has 0 atom stereocenters. The number of nitrogens with one attached hydrogen (secondary N) is 1. The molecule has 0 unspecified atom stereocenters. The number of hydrogen-bond donors (Lipinski definition) is 2. The smallest absolute Gasteiger partial charge is 0.240 e. The molecule has 0 aliphatic heterocycles. The number of aromatic nitrogens is 4. The van der Waals surface area contributed by atoms with Gasteiger partial charge in [0.2, 0.25) is 5.95 Å². The van der Waals surface area contributed by atoms with E-state index in [1.807, 2.05) is 31.5 Å². The molecule has 0 radical (unpaired) electrons. The van der Waals surface area contributed by atoms with Gasteiger partial charge in [0.1, 0.15) is 4.83 Å². The number of hydrazine groups is 1. The fraction of sp³-hybridized carbons (Fsp3) is 0.250. The minimum atomic E-state index is 0.400. The molecule has 98 valence electrons. The Balaban J connectivity index is 2.35. The van der Waals surface area contributed by atoms with Crippen LogP contribution in [0, 0.1) is 20.8 Å². The van der Waals surface area contributed by atoms with Crippen LogP contribution in [0.15, 0.2) is 12.1 Å². The second-order valence-corrected chi connectivity index (χ2v) is 5.66. The second-order valence-electron chi connectivity index (χ2n) is 4.43. The van der Waals surface area contributed by atoms with Gasteiger partial charge in [0.05, 0.1) is 11.1 Å². The van der Waals surface area contributed by atoms with Crippen LogP contribution in [0.25, 0.3) is 16.0 Å². The van der Waals surface area contributed by atoms with E-state index in [0.717, 1.165) is 27.4 Å². The number of nitrogen functional groups attached to an aromatic ring is 1. The van der Waals surface area contributed by atoms with Gasteiger partial charge in [-0.2, -0.15) is 10.1 Å². The van der Waals surface area contributed by atoms with E-state index in [4.69, 9.17) is 5.84 Å². The Hall–Kier alpha value is -1.99. The van der Waals surface area contributed by atoms with E-state index in [0.29, 0.717) is 5.95 Å². The Morgan fingerprint density at radius 2 is 2.00 bits per heavy atom. The molecule has 3 N–H and O–H groups in total. The summed E-state index contributed by atoms with van der Waals surface area (Å²) < 4.78 is 1.83. The predicted molar refractivity (Wildman–Crippen MR) is 76.6 cm³/mol. The first kappa shape index (κ1) is 12.1. The molecule has 0 aromatic carbocycles. The van der Waals surface area contributed by atoms with Crippen LogP contribution in [0.1, 0.15) is 16.3 Å². The summed E-state index contributed by atoms with van der Waals surface area (Å²) in [5.74, 6) is 6.60. The Morgan fingerprint density at radius 3 is 2.63 bits per heavy atom. The van der Waals surface area contributed by atoms with E-state index in [-0.39, 0.29) is 0 Å². The van der Waals surface area contributed by atoms with Gasteiger partial charge in [-0.3, -0.25) is 5.43 Å². The normalized spacial score (nSPS) is 11.2. The first-order chi connectivity index (χ1) is 9.08. The highest BCUT2D eigenvalue weighted by Gasteiger charge is 2.14. The summed E-state index contributed by atoms with van der Waals surface area (Å²) in [6.45, 7) is 6.01. The molecule has 0 amide bonds. The fourth-order valence-corrected chi connectivity index (χ4v) is 2.97. The minimum Gasteiger partial charge on any atom is -0.292 e. The van der Waals surface area contributed by atoms with Gasteiger partial charge in [-0.25, -0.2) is 15.5 Å². The average Bonchev–Trinajstić information content (AvgIpc) is 2.89. The SMILES string of the molecule is Cc1cc(C)n(-c2nc(NN)nc3sc(C)cc23)n1. The molecule has 3 rings (SSSR count). The maximum absolute atomic E-state index is 5.44. The molecule has 0 saturated heterocycles. The van der Waals surface area contributed by atoms with Crippen molar-refractivity contribution in [3.8, 4) is 5.82 Å². The molecule has 0 spiro atoms.